The number of hydrogen-bond donors (Lipinski definition) is 6. The molecule has 0 spiro atoms. The minimum Gasteiger partial charge on any atom is -0.508 e. The van der Waals surface area contributed by atoms with E-state index in [1.165, 1.54) is 24.3 Å². The fourth-order valence-electron chi connectivity index (χ4n) is 2.52. The van der Waals surface area contributed by atoms with Gasteiger partial charge in [-0.05, 0) is 17.7 Å². The molecular weight excluding hydrogens is 292 g/mol. The van der Waals surface area contributed by atoms with Crippen molar-refractivity contribution in [3.05, 3.63) is 41.5 Å². The van der Waals surface area contributed by atoms with Gasteiger partial charge in [0.1, 0.15) is 29.5 Å². The first-order valence-electron chi connectivity index (χ1n) is 6.49. The molecule has 0 aliphatic carbocycles. The predicted molar refractivity (Wildman–Crippen MR) is 73.9 cm³/mol. The SMILES string of the molecule is Oc1cc(O)c2c(c1)O[C@H](c1ccc(O)c(O)c1)[C@@H](O)[C@H]2O. The van der Waals surface area contributed by atoms with Crippen molar-refractivity contribution in [2.75, 3.05) is 0 Å². The average Bonchev–Trinajstić information content (AvgIpc) is 2.45. The van der Waals surface area contributed by atoms with Crippen molar-refractivity contribution in [1.29, 1.82) is 0 Å². The van der Waals surface area contributed by atoms with Crippen molar-refractivity contribution in [3.8, 4) is 28.7 Å². The van der Waals surface area contributed by atoms with Crippen LogP contribution in [0, 0.1) is 0 Å². The number of aromatic hydroxyl groups is 4. The van der Waals surface area contributed by atoms with Crippen LogP contribution >= 0.6 is 0 Å². The second-order valence-electron chi connectivity index (χ2n) is 5.10. The van der Waals surface area contributed by atoms with Gasteiger partial charge >= 0.3 is 0 Å². The highest BCUT2D eigenvalue weighted by Crippen LogP contribution is 2.47. The van der Waals surface area contributed by atoms with Crippen molar-refractivity contribution < 1.29 is 35.4 Å². The zero-order valence-electron chi connectivity index (χ0n) is 11.2. The molecule has 7 nitrogen and oxygen atoms in total. The van der Waals surface area contributed by atoms with Crippen molar-refractivity contribution in [3.63, 3.8) is 0 Å². The van der Waals surface area contributed by atoms with E-state index in [-0.39, 0.29) is 22.8 Å². The zero-order chi connectivity index (χ0) is 16.0. The third-order valence-corrected chi connectivity index (χ3v) is 3.62. The molecule has 2 aromatic carbocycles. The molecule has 0 saturated heterocycles. The maximum atomic E-state index is 10.2. The smallest absolute Gasteiger partial charge is 0.157 e. The van der Waals surface area contributed by atoms with Gasteiger partial charge in [0.15, 0.2) is 17.6 Å². The van der Waals surface area contributed by atoms with Crippen LogP contribution in [0.3, 0.4) is 0 Å². The van der Waals surface area contributed by atoms with Crippen molar-refractivity contribution in [2.45, 2.75) is 18.3 Å². The van der Waals surface area contributed by atoms with E-state index < -0.39 is 29.8 Å². The van der Waals surface area contributed by atoms with Crippen LogP contribution in [0.4, 0.5) is 0 Å². The maximum absolute atomic E-state index is 10.2. The number of phenols is 4. The van der Waals surface area contributed by atoms with Crippen molar-refractivity contribution in [2.24, 2.45) is 0 Å². The maximum Gasteiger partial charge on any atom is 0.157 e. The van der Waals surface area contributed by atoms with E-state index in [0.717, 1.165) is 6.07 Å². The second kappa shape index (κ2) is 4.97. The molecule has 0 amide bonds. The molecule has 2 aromatic rings. The standard InChI is InChI=1S/C15H14O7/c16-7-4-10(19)12-11(5-7)22-15(14(21)13(12)20)6-1-2-8(17)9(18)3-6/h1-5,13-21H/t13-,14-,15+/m0/s1. The van der Waals surface area contributed by atoms with Crippen LogP contribution in [0.1, 0.15) is 23.3 Å². The molecule has 1 aliphatic heterocycles. The number of phenolic OH excluding ortho intramolecular Hbond substituents is 4. The first-order valence-corrected chi connectivity index (χ1v) is 6.49. The Morgan fingerprint density at radius 3 is 2.23 bits per heavy atom. The molecule has 7 heteroatoms. The van der Waals surface area contributed by atoms with E-state index in [1.54, 1.807) is 0 Å². The van der Waals surface area contributed by atoms with Gasteiger partial charge in [-0.3, -0.25) is 0 Å². The summed E-state index contributed by atoms with van der Waals surface area (Å²) in [5.41, 5.74) is 0.292. The fourth-order valence-corrected chi connectivity index (χ4v) is 2.52. The lowest BCUT2D eigenvalue weighted by Gasteiger charge is -2.34. The van der Waals surface area contributed by atoms with Crippen LogP contribution in [0.25, 0.3) is 0 Å². The van der Waals surface area contributed by atoms with Gasteiger partial charge in [0.2, 0.25) is 0 Å². The number of rotatable bonds is 1. The monoisotopic (exact) mass is 306 g/mol. The van der Waals surface area contributed by atoms with Crippen LogP contribution in [0.2, 0.25) is 0 Å². The van der Waals surface area contributed by atoms with Gasteiger partial charge in [0.05, 0.1) is 5.56 Å². The van der Waals surface area contributed by atoms with Crippen LogP contribution < -0.4 is 4.74 Å². The lowest BCUT2D eigenvalue weighted by atomic mass is 9.91. The largest absolute Gasteiger partial charge is 0.508 e. The van der Waals surface area contributed by atoms with Gasteiger partial charge in [-0.1, -0.05) is 6.07 Å². The van der Waals surface area contributed by atoms with Crippen molar-refractivity contribution in [1.82, 2.24) is 0 Å². The summed E-state index contributed by atoms with van der Waals surface area (Å²) in [7, 11) is 0. The first kappa shape index (κ1) is 14.3. The van der Waals surface area contributed by atoms with Crippen LogP contribution in [-0.2, 0) is 0 Å². The number of aliphatic hydroxyl groups excluding tert-OH is 2. The Morgan fingerprint density at radius 2 is 1.55 bits per heavy atom. The summed E-state index contributed by atoms with van der Waals surface area (Å²) in [6.45, 7) is 0. The third-order valence-electron chi connectivity index (χ3n) is 3.62. The molecule has 3 atom stereocenters. The molecule has 0 radical (unpaired) electrons. The fraction of sp³-hybridized carbons (Fsp3) is 0.200. The summed E-state index contributed by atoms with van der Waals surface area (Å²) < 4.78 is 5.53. The van der Waals surface area contributed by atoms with Crippen LogP contribution in [0.15, 0.2) is 30.3 Å². The topological polar surface area (TPSA) is 131 Å². The normalized spacial score (nSPS) is 23.6. The molecular formula is C15H14O7. The average molecular weight is 306 g/mol. The van der Waals surface area contributed by atoms with E-state index in [0.29, 0.717) is 5.56 Å². The molecule has 0 saturated carbocycles. The van der Waals surface area contributed by atoms with E-state index in [1.807, 2.05) is 0 Å². The number of aliphatic hydroxyl groups is 2. The van der Waals surface area contributed by atoms with Crippen molar-refractivity contribution >= 4 is 0 Å². The Labute approximate surface area is 124 Å². The Balaban J connectivity index is 2.06. The molecule has 3 rings (SSSR count). The van der Waals surface area contributed by atoms with Gasteiger partial charge in [0.25, 0.3) is 0 Å². The highest BCUT2D eigenvalue weighted by molar-refractivity contribution is 5.53. The molecule has 1 heterocycles. The Kier molecular flexibility index (Phi) is 3.23. The van der Waals surface area contributed by atoms with Gasteiger partial charge in [0, 0.05) is 12.1 Å². The van der Waals surface area contributed by atoms with Gasteiger partial charge in [-0.25, -0.2) is 0 Å². The number of fused-ring (bicyclic) bond motifs is 1. The first-order chi connectivity index (χ1) is 10.4. The Morgan fingerprint density at radius 1 is 0.818 bits per heavy atom. The van der Waals surface area contributed by atoms with Gasteiger partial charge in [-0.2, -0.15) is 0 Å². The molecule has 1 aliphatic rings. The van der Waals surface area contributed by atoms with E-state index in [4.69, 9.17) is 4.74 Å². The molecule has 0 aromatic heterocycles. The number of ether oxygens (including phenoxy) is 1. The van der Waals surface area contributed by atoms with E-state index >= 15 is 0 Å². The summed E-state index contributed by atoms with van der Waals surface area (Å²) in [6, 6.07) is 6.08. The summed E-state index contributed by atoms with van der Waals surface area (Å²) in [4.78, 5) is 0. The lowest BCUT2D eigenvalue weighted by molar-refractivity contribution is -0.0711. The van der Waals surface area contributed by atoms with Gasteiger partial charge in [-0.15, -0.1) is 0 Å². The minimum absolute atomic E-state index is 0.0212. The number of hydrogen-bond acceptors (Lipinski definition) is 7. The number of benzene rings is 2. The highest BCUT2D eigenvalue weighted by atomic mass is 16.5. The van der Waals surface area contributed by atoms with Crippen LogP contribution in [-0.4, -0.2) is 36.7 Å². The van der Waals surface area contributed by atoms with Crippen LogP contribution in [0.5, 0.6) is 28.7 Å². The summed E-state index contributed by atoms with van der Waals surface area (Å²) in [5, 5.41) is 58.5. The minimum atomic E-state index is -1.44. The summed E-state index contributed by atoms with van der Waals surface area (Å²) in [6.07, 6.45) is -3.90. The molecule has 0 unspecified atom stereocenters. The Bertz CT molecular complexity index is 728. The third kappa shape index (κ3) is 2.16. The molecule has 0 bridgehead atoms. The summed E-state index contributed by atoms with van der Waals surface area (Å²) in [5.74, 6) is -1.36. The molecule has 6 N–H and O–H groups in total. The predicted octanol–water partition coefficient (Wildman–Crippen LogP) is 1.04. The van der Waals surface area contributed by atoms with E-state index in [2.05, 4.69) is 0 Å². The molecule has 22 heavy (non-hydrogen) atoms. The van der Waals surface area contributed by atoms with Gasteiger partial charge < -0.3 is 35.4 Å². The lowest BCUT2D eigenvalue weighted by Crippen LogP contribution is -2.34. The van der Waals surface area contributed by atoms with E-state index in [9.17, 15) is 30.6 Å². The quantitative estimate of drug-likeness (QED) is 0.434. The molecule has 116 valence electrons. The zero-order valence-corrected chi connectivity index (χ0v) is 11.2. The summed E-state index contributed by atoms with van der Waals surface area (Å²) >= 11 is 0. The Hall–Kier alpha value is -2.64. The highest BCUT2D eigenvalue weighted by Gasteiger charge is 2.39. The second-order valence-corrected chi connectivity index (χ2v) is 5.10. The molecule has 0 fully saturated rings.